The van der Waals surface area contributed by atoms with Crippen LogP contribution in [-0.4, -0.2) is 42.8 Å². The summed E-state index contributed by atoms with van der Waals surface area (Å²) in [6.07, 6.45) is 0. The van der Waals surface area contributed by atoms with Crippen LogP contribution in [-0.2, 0) is 14.3 Å². The first kappa shape index (κ1) is 8.96. The molecule has 0 aromatic carbocycles. The Morgan fingerprint density at radius 1 is 1.82 bits per heavy atom. The number of hydrogen-bond donors (Lipinski definition) is 0. The third kappa shape index (κ3) is 2.15. The Kier molecular flexibility index (Phi) is 3.29. The maximum absolute atomic E-state index is 11.0. The van der Waals surface area contributed by atoms with Crippen LogP contribution in [0, 0.1) is 0 Å². The summed E-state index contributed by atoms with van der Waals surface area (Å²) in [6, 6.07) is -0.297. The topological polar surface area (TPSA) is 38.8 Å². The average molecular weight is 224 g/mol. The lowest BCUT2D eigenvalue weighted by Gasteiger charge is -2.27. The van der Waals surface area contributed by atoms with Gasteiger partial charge in [0.2, 0.25) is 0 Å². The Morgan fingerprint density at radius 3 is 3.09 bits per heavy atom. The molecular weight excluding hydrogens is 214 g/mol. The van der Waals surface area contributed by atoms with Crippen LogP contribution in [0.5, 0.6) is 0 Å². The molecule has 0 saturated carbocycles. The molecule has 1 fully saturated rings. The van der Waals surface area contributed by atoms with Gasteiger partial charge in [0.05, 0.1) is 20.3 Å². The van der Waals surface area contributed by atoms with Crippen molar-refractivity contribution in [2.24, 2.45) is 0 Å². The number of rotatable bonds is 1. The van der Waals surface area contributed by atoms with Gasteiger partial charge >= 0.3 is 5.97 Å². The van der Waals surface area contributed by atoms with Gasteiger partial charge < -0.3 is 9.47 Å². The molecule has 4 nitrogen and oxygen atoms in total. The minimum atomic E-state index is -0.297. The second kappa shape index (κ2) is 4.04. The number of ether oxygens (including phenoxy) is 2. The molecule has 0 N–H and O–H groups in total. The zero-order valence-electron chi connectivity index (χ0n) is 6.25. The summed E-state index contributed by atoms with van der Waals surface area (Å²) in [5.41, 5.74) is 0. The van der Waals surface area contributed by atoms with E-state index < -0.39 is 0 Å². The molecule has 1 aliphatic heterocycles. The zero-order chi connectivity index (χ0) is 8.27. The van der Waals surface area contributed by atoms with Gasteiger partial charge in [-0.15, -0.1) is 0 Å². The molecule has 1 rings (SSSR count). The second-order valence-electron chi connectivity index (χ2n) is 2.24. The van der Waals surface area contributed by atoms with Gasteiger partial charge in [0, 0.05) is 22.7 Å². The van der Waals surface area contributed by atoms with Crippen molar-refractivity contribution in [2.45, 2.75) is 6.04 Å². The molecule has 11 heavy (non-hydrogen) atoms. The number of carbonyl (C=O) groups excluding carboxylic acids is 1. The highest BCUT2D eigenvalue weighted by atomic mass is 79.9. The largest absolute Gasteiger partial charge is 0.468 e. The summed E-state index contributed by atoms with van der Waals surface area (Å²) in [5, 5.41) is 0. The van der Waals surface area contributed by atoms with E-state index in [0.29, 0.717) is 19.8 Å². The molecule has 64 valence electrons. The van der Waals surface area contributed by atoms with E-state index in [0.717, 1.165) is 0 Å². The fourth-order valence-electron chi connectivity index (χ4n) is 0.902. The molecular formula is C6H10BrNO3. The number of morpholine rings is 1. The van der Waals surface area contributed by atoms with Gasteiger partial charge in [-0.05, 0) is 0 Å². The number of esters is 1. The third-order valence-corrected chi connectivity index (χ3v) is 2.39. The van der Waals surface area contributed by atoms with Crippen molar-refractivity contribution in [1.82, 2.24) is 3.93 Å². The second-order valence-corrected chi connectivity index (χ2v) is 3.15. The first-order valence-corrected chi connectivity index (χ1v) is 4.04. The predicted molar refractivity (Wildman–Crippen MR) is 42.3 cm³/mol. The van der Waals surface area contributed by atoms with E-state index in [1.54, 1.807) is 3.93 Å². The van der Waals surface area contributed by atoms with Crippen molar-refractivity contribution in [3.05, 3.63) is 0 Å². The van der Waals surface area contributed by atoms with Gasteiger partial charge in [-0.1, -0.05) is 0 Å². The Morgan fingerprint density at radius 2 is 2.55 bits per heavy atom. The van der Waals surface area contributed by atoms with Crippen LogP contribution in [0.2, 0.25) is 0 Å². The summed E-state index contributed by atoms with van der Waals surface area (Å²) in [6.45, 7) is 1.76. The summed E-state index contributed by atoms with van der Waals surface area (Å²) in [4.78, 5) is 11.0. The zero-order valence-corrected chi connectivity index (χ0v) is 7.83. The average Bonchev–Trinajstić information content (AvgIpc) is 2.04. The van der Waals surface area contributed by atoms with Gasteiger partial charge in [0.15, 0.2) is 0 Å². The van der Waals surface area contributed by atoms with E-state index in [1.807, 2.05) is 0 Å². The van der Waals surface area contributed by atoms with Crippen LogP contribution < -0.4 is 0 Å². The lowest BCUT2D eigenvalue weighted by molar-refractivity contribution is -0.149. The number of halogens is 1. The summed E-state index contributed by atoms with van der Waals surface area (Å²) < 4.78 is 11.4. The van der Waals surface area contributed by atoms with Crippen LogP contribution in [0.25, 0.3) is 0 Å². The van der Waals surface area contributed by atoms with Gasteiger partial charge in [0.25, 0.3) is 0 Å². The molecule has 1 aliphatic rings. The van der Waals surface area contributed by atoms with E-state index in [-0.39, 0.29) is 12.0 Å². The smallest absolute Gasteiger partial charge is 0.326 e. The minimum absolute atomic E-state index is 0.262. The SMILES string of the molecule is COC(=O)C1COCCN1Br. The van der Waals surface area contributed by atoms with Crippen LogP contribution in [0.15, 0.2) is 0 Å². The first-order chi connectivity index (χ1) is 5.25. The molecule has 0 amide bonds. The van der Waals surface area contributed by atoms with E-state index >= 15 is 0 Å². The number of methoxy groups -OCH3 is 1. The highest BCUT2D eigenvalue weighted by Crippen LogP contribution is 2.12. The summed E-state index contributed by atoms with van der Waals surface area (Å²) >= 11 is 3.25. The maximum Gasteiger partial charge on any atom is 0.326 e. The lowest BCUT2D eigenvalue weighted by Crippen LogP contribution is -2.45. The number of nitrogens with zero attached hydrogens (tertiary/aromatic N) is 1. The molecule has 0 aromatic rings. The molecule has 1 heterocycles. The van der Waals surface area contributed by atoms with Gasteiger partial charge in [0.1, 0.15) is 6.04 Å². The van der Waals surface area contributed by atoms with Crippen LogP contribution in [0.1, 0.15) is 0 Å². The fraction of sp³-hybridized carbons (Fsp3) is 0.833. The Bertz CT molecular complexity index is 153. The van der Waals surface area contributed by atoms with Crippen LogP contribution >= 0.6 is 16.1 Å². The normalized spacial score (nSPS) is 26.5. The Labute approximate surface area is 73.8 Å². The molecule has 1 unspecified atom stereocenters. The lowest BCUT2D eigenvalue weighted by atomic mass is 10.3. The van der Waals surface area contributed by atoms with E-state index in [4.69, 9.17) is 4.74 Å². The standard InChI is InChI=1S/C6H10BrNO3/c1-10-6(9)5-4-11-3-2-8(5)7/h5H,2-4H2,1H3. The van der Waals surface area contributed by atoms with E-state index in [9.17, 15) is 4.79 Å². The van der Waals surface area contributed by atoms with Crippen molar-refractivity contribution >= 4 is 22.1 Å². The van der Waals surface area contributed by atoms with Crippen LogP contribution in [0.4, 0.5) is 0 Å². The number of carbonyl (C=O) groups is 1. The fourth-order valence-corrected chi connectivity index (χ4v) is 1.33. The van der Waals surface area contributed by atoms with Crippen LogP contribution in [0.3, 0.4) is 0 Å². The maximum atomic E-state index is 11.0. The predicted octanol–water partition coefficient (Wildman–Crippen LogP) is 0.170. The highest BCUT2D eigenvalue weighted by Gasteiger charge is 2.28. The van der Waals surface area contributed by atoms with Crippen molar-refractivity contribution < 1.29 is 14.3 Å². The van der Waals surface area contributed by atoms with Crippen molar-refractivity contribution in [3.8, 4) is 0 Å². The highest BCUT2D eigenvalue weighted by molar-refractivity contribution is 9.07. The quantitative estimate of drug-likeness (QED) is 0.470. The third-order valence-electron chi connectivity index (χ3n) is 1.54. The molecule has 1 atom stereocenters. The van der Waals surface area contributed by atoms with Crippen molar-refractivity contribution in [2.75, 3.05) is 26.9 Å². The Hall–Kier alpha value is -0.130. The molecule has 0 spiro atoms. The van der Waals surface area contributed by atoms with Gasteiger partial charge in [-0.2, -0.15) is 0 Å². The van der Waals surface area contributed by atoms with Crippen molar-refractivity contribution in [3.63, 3.8) is 0 Å². The molecule has 1 saturated heterocycles. The van der Waals surface area contributed by atoms with Crippen molar-refractivity contribution in [1.29, 1.82) is 0 Å². The first-order valence-electron chi connectivity index (χ1n) is 3.33. The summed E-state index contributed by atoms with van der Waals surface area (Å²) in [7, 11) is 1.37. The molecule has 0 radical (unpaired) electrons. The molecule has 5 heteroatoms. The van der Waals surface area contributed by atoms with Gasteiger partial charge in [-0.25, -0.2) is 3.93 Å². The molecule has 0 aromatic heterocycles. The Balaban J connectivity index is 2.47. The van der Waals surface area contributed by atoms with E-state index in [2.05, 4.69) is 20.9 Å². The molecule has 0 bridgehead atoms. The van der Waals surface area contributed by atoms with E-state index in [1.165, 1.54) is 7.11 Å². The molecule has 0 aliphatic carbocycles. The number of hydrogen-bond acceptors (Lipinski definition) is 4. The van der Waals surface area contributed by atoms with Gasteiger partial charge in [-0.3, -0.25) is 4.79 Å². The minimum Gasteiger partial charge on any atom is -0.468 e. The summed E-state index contributed by atoms with van der Waals surface area (Å²) in [5.74, 6) is -0.262. The monoisotopic (exact) mass is 223 g/mol.